The fourth-order valence-electron chi connectivity index (χ4n) is 3.20. The van der Waals surface area contributed by atoms with Gasteiger partial charge in [-0.2, -0.15) is 13.2 Å². The maximum atomic E-state index is 12.7. The van der Waals surface area contributed by atoms with Crippen molar-refractivity contribution in [2.24, 2.45) is 0 Å². The van der Waals surface area contributed by atoms with Gasteiger partial charge in [0.15, 0.2) is 0 Å². The Hall–Kier alpha value is -1.43. The zero-order valence-corrected chi connectivity index (χ0v) is 12.0. The molecule has 0 saturated heterocycles. The summed E-state index contributed by atoms with van der Waals surface area (Å²) in [6.45, 7) is 3.40. The molecule has 1 aromatic rings. The van der Waals surface area contributed by atoms with Gasteiger partial charge < -0.3 is 15.0 Å². The molecule has 1 aromatic carbocycles. The van der Waals surface area contributed by atoms with Crippen LogP contribution in [0, 0.1) is 6.92 Å². The number of rotatable bonds is 1. The molecular weight excluding hydrogens is 281 g/mol. The molecule has 1 N–H and O–H groups in total. The van der Waals surface area contributed by atoms with Crippen LogP contribution >= 0.6 is 0 Å². The number of anilines is 1. The van der Waals surface area contributed by atoms with Crippen LogP contribution in [-0.2, 0) is 12.8 Å². The van der Waals surface area contributed by atoms with Crippen molar-refractivity contribution >= 4 is 5.69 Å². The predicted molar refractivity (Wildman–Crippen MR) is 75.2 cm³/mol. The average Bonchev–Trinajstić information content (AvgIpc) is 2.64. The first kappa shape index (κ1) is 14.5. The summed E-state index contributed by atoms with van der Waals surface area (Å²) in [5.41, 5.74) is 3.97. The normalized spacial score (nSPS) is 18.6. The van der Waals surface area contributed by atoms with E-state index in [0.29, 0.717) is 18.0 Å². The molecule has 0 bridgehead atoms. The molecule has 0 aliphatic carbocycles. The molecule has 116 valence electrons. The lowest BCUT2D eigenvalue weighted by Gasteiger charge is -2.34. The lowest BCUT2D eigenvalue weighted by Crippen LogP contribution is -2.40. The number of fused-ring (bicyclic) bond motifs is 2. The zero-order chi connectivity index (χ0) is 15.0. The smallest absolute Gasteiger partial charge is 0.405 e. The average molecular weight is 300 g/mol. The van der Waals surface area contributed by atoms with E-state index in [9.17, 15) is 13.2 Å². The number of ether oxygens (including phenoxy) is 1. The van der Waals surface area contributed by atoms with Crippen molar-refractivity contribution in [3.05, 3.63) is 22.8 Å². The molecule has 2 aliphatic heterocycles. The van der Waals surface area contributed by atoms with Crippen LogP contribution in [-0.4, -0.2) is 39.0 Å². The maximum Gasteiger partial charge on any atom is 0.405 e. The molecule has 2 aliphatic rings. The first-order valence-electron chi connectivity index (χ1n) is 7.26. The minimum Gasteiger partial charge on any atom is -0.489 e. The van der Waals surface area contributed by atoms with Gasteiger partial charge in [0, 0.05) is 0 Å². The summed E-state index contributed by atoms with van der Waals surface area (Å²) in [4.78, 5) is 1.39. The first-order chi connectivity index (χ1) is 9.96. The van der Waals surface area contributed by atoms with Crippen molar-refractivity contribution in [2.45, 2.75) is 25.9 Å². The highest BCUT2D eigenvalue weighted by Gasteiger charge is 2.34. The van der Waals surface area contributed by atoms with E-state index in [2.05, 4.69) is 5.32 Å². The molecule has 0 spiro atoms. The predicted octanol–water partition coefficient (Wildman–Crippen LogP) is 2.44. The van der Waals surface area contributed by atoms with E-state index in [0.717, 1.165) is 37.1 Å². The van der Waals surface area contributed by atoms with Gasteiger partial charge in [-0.3, -0.25) is 0 Å². The fourth-order valence-corrected chi connectivity index (χ4v) is 3.20. The summed E-state index contributed by atoms with van der Waals surface area (Å²) < 4.78 is 43.9. The van der Waals surface area contributed by atoms with Crippen LogP contribution in [0.4, 0.5) is 18.9 Å². The number of alkyl halides is 3. The van der Waals surface area contributed by atoms with Gasteiger partial charge in [-0.15, -0.1) is 0 Å². The molecule has 6 heteroatoms. The maximum absolute atomic E-state index is 12.7. The zero-order valence-electron chi connectivity index (χ0n) is 12.0. The Kier molecular flexibility index (Phi) is 3.73. The van der Waals surface area contributed by atoms with Gasteiger partial charge >= 0.3 is 6.18 Å². The Morgan fingerprint density at radius 2 is 2.05 bits per heavy atom. The van der Waals surface area contributed by atoms with Gasteiger partial charge in [0.05, 0.1) is 12.2 Å². The number of benzene rings is 1. The summed E-state index contributed by atoms with van der Waals surface area (Å²) in [7, 11) is 0. The third kappa shape index (κ3) is 2.95. The summed E-state index contributed by atoms with van der Waals surface area (Å²) in [6, 6.07) is 1.90. The number of hydrogen-bond acceptors (Lipinski definition) is 3. The van der Waals surface area contributed by atoms with Gasteiger partial charge in [0.2, 0.25) is 0 Å². The van der Waals surface area contributed by atoms with Crippen LogP contribution in [0.5, 0.6) is 5.75 Å². The molecule has 0 saturated carbocycles. The van der Waals surface area contributed by atoms with Gasteiger partial charge in [-0.1, -0.05) is 0 Å². The van der Waals surface area contributed by atoms with E-state index in [1.54, 1.807) is 0 Å². The van der Waals surface area contributed by atoms with Crippen LogP contribution in [0.1, 0.15) is 16.7 Å². The Labute approximate surface area is 122 Å². The van der Waals surface area contributed by atoms with Crippen molar-refractivity contribution in [1.82, 2.24) is 5.32 Å². The number of hydrogen-bond donors (Lipinski definition) is 1. The number of halogens is 3. The second-order valence-corrected chi connectivity index (χ2v) is 5.62. The van der Waals surface area contributed by atoms with Crippen molar-refractivity contribution in [2.75, 3.05) is 37.7 Å². The van der Waals surface area contributed by atoms with Gasteiger partial charge in [0.1, 0.15) is 18.9 Å². The van der Waals surface area contributed by atoms with Crippen molar-refractivity contribution in [1.29, 1.82) is 0 Å². The summed E-state index contributed by atoms with van der Waals surface area (Å²) in [5, 5.41) is 3.33. The van der Waals surface area contributed by atoms with Crippen LogP contribution in [0.15, 0.2) is 6.07 Å². The topological polar surface area (TPSA) is 24.5 Å². The quantitative estimate of drug-likeness (QED) is 0.862. The molecule has 0 amide bonds. The molecule has 3 nitrogen and oxygen atoms in total. The van der Waals surface area contributed by atoms with Crippen LogP contribution in [0.3, 0.4) is 0 Å². The monoisotopic (exact) mass is 300 g/mol. The van der Waals surface area contributed by atoms with E-state index in [-0.39, 0.29) is 6.54 Å². The molecule has 0 radical (unpaired) electrons. The lowest BCUT2D eigenvalue weighted by atomic mass is 9.95. The fraction of sp³-hybridized carbons (Fsp3) is 0.600. The van der Waals surface area contributed by atoms with E-state index in [1.807, 2.05) is 13.0 Å². The molecule has 0 atom stereocenters. The lowest BCUT2D eigenvalue weighted by molar-refractivity contribution is -0.120. The summed E-state index contributed by atoms with van der Waals surface area (Å²) in [6.07, 6.45) is -2.45. The second-order valence-electron chi connectivity index (χ2n) is 5.62. The standard InChI is InChI=1S/C15H19F3N2O/c1-10-12-3-5-19-4-2-11(12)8-13-14(10)21-7-6-20(13)9-15(16,17)18/h8,19H,2-7,9H2,1H3. The highest BCUT2D eigenvalue weighted by Crippen LogP contribution is 2.40. The molecule has 0 aromatic heterocycles. The molecule has 0 fully saturated rings. The van der Waals surface area contributed by atoms with E-state index >= 15 is 0 Å². The highest BCUT2D eigenvalue weighted by atomic mass is 19.4. The summed E-state index contributed by atoms with van der Waals surface area (Å²) in [5.74, 6) is 0.631. The van der Waals surface area contributed by atoms with Gasteiger partial charge in [-0.05, 0) is 55.6 Å². The van der Waals surface area contributed by atoms with E-state index < -0.39 is 12.7 Å². The molecule has 2 heterocycles. The third-order valence-electron chi connectivity index (χ3n) is 4.17. The summed E-state index contributed by atoms with van der Waals surface area (Å²) >= 11 is 0. The first-order valence-corrected chi connectivity index (χ1v) is 7.26. The van der Waals surface area contributed by atoms with Crippen LogP contribution in [0.2, 0.25) is 0 Å². The Balaban J connectivity index is 2.02. The molecule has 21 heavy (non-hydrogen) atoms. The Morgan fingerprint density at radius 3 is 2.81 bits per heavy atom. The number of nitrogens with zero attached hydrogens (tertiary/aromatic N) is 1. The second kappa shape index (κ2) is 5.40. The van der Waals surface area contributed by atoms with Crippen LogP contribution < -0.4 is 15.0 Å². The van der Waals surface area contributed by atoms with E-state index in [1.165, 1.54) is 10.5 Å². The minimum absolute atomic E-state index is 0.281. The van der Waals surface area contributed by atoms with Gasteiger partial charge in [-0.25, -0.2) is 0 Å². The van der Waals surface area contributed by atoms with E-state index in [4.69, 9.17) is 4.74 Å². The largest absolute Gasteiger partial charge is 0.489 e. The van der Waals surface area contributed by atoms with Crippen molar-refractivity contribution < 1.29 is 17.9 Å². The minimum atomic E-state index is -4.20. The van der Waals surface area contributed by atoms with Crippen molar-refractivity contribution in [3.8, 4) is 5.75 Å². The third-order valence-corrected chi connectivity index (χ3v) is 4.17. The Bertz CT molecular complexity index is 543. The van der Waals surface area contributed by atoms with Crippen molar-refractivity contribution in [3.63, 3.8) is 0 Å². The number of nitrogens with one attached hydrogen (secondary N) is 1. The molecule has 3 rings (SSSR count). The van der Waals surface area contributed by atoms with Gasteiger partial charge in [0.25, 0.3) is 0 Å². The Morgan fingerprint density at radius 1 is 1.29 bits per heavy atom. The van der Waals surface area contributed by atoms with Crippen LogP contribution in [0.25, 0.3) is 0 Å². The highest BCUT2D eigenvalue weighted by molar-refractivity contribution is 5.67. The molecular formula is C15H19F3N2O. The SMILES string of the molecule is Cc1c2c(cc3c1OCCN3CC(F)(F)F)CCNCC2. The molecule has 0 unspecified atom stereocenters.